The molecule has 10 heteroatoms. The summed E-state index contributed by atoms with van der Waals surface area (Å²) in [5, 5.41) is 10.3. The van der Waals surface area contributed by atoms with E-state index in [0.29, 0.717) is 42.9 Å². The fourth-order valence-corrected chi connectivity index (χ4v) is 5.25. The largest absolute Gasteiger partial charge is 0.492 e. The van der Waals surface area contributed by atoms with Crippen LogP contribution in [0.15, 0.2) is 52.0 Å². The summed E-state index contributed by atoms with van der Waals surface area (Å²) in [6.07, 6.45) is 1.18. The first-order valence-electron chi connectivity index (χ1n) is 9.75. The highest BCUT2D eigenvalue weighted by molar-refractivity contribution is 7.89. The topological polar surface area (TPSA) is 115 Å². The predicted octanol–water partition coefficient (Wildman–Crippen LogP) is 2.66. The zero-order valence-electron chi connectivity index (χ0n) is 16.4. The number of rotatable bonds is 6. The summed E-state index contributed by atoms with van der Waals surface area (Å²) >= 11 is 0. The van der Waals surface area contributed by atoms with E-state index in [9.17, 15) is 13.2 Å². The van der Waals surface area contributed by atoms with Gasteiger partial charge in [0.05, 0.1) is 18.2 Å². The molecule has 1 saturated heterocycles. The van der Waals surface area contributed by atoms with Crippen LogP contribution in [0.3, 0.4) is 0 Å². The van der Waals surface area contributed by atoms with Crippen LogP contribution in [0.25, 0.3) is 11.0 Å². The standard InChI is InChI=1S/C20H22N4O5S/c1-2-28-17-10-4-3-8-15(17)21-20(25)14-7-6-12-24(13-14)30(26,27)18-11-5-9-16-19(18)23-29-22-16/h3-5,8-11,14H,2,6-7,12-13H2,1H3,(H,21,25). The maximum Gasteiger partial charge on any atom is 0.245 e. The summed E-state index contributed by atoms with van der Waals surface area (Å²) in [6, 6.07) is 11.9. The van der Waals surface area contributed by atoms with Gasteiger partial charge >= 0.3 is 0 Å². The molecule has 1 fully saturated rings. The van der Waals surface area contributed by atoms with E-state index in [1.54, 1.807) is 24.3 Å². The fourth-order valence-electron chi connectivity index (χ4n) is 3.59. The third kappa shape index (κ3) is 3.88. The van der Waals surface area contributed by atoms with Crippen LogP contribution in [0.2, 0.25) is 0 Å². The maximum absolute atomic E-state index is 13.2. The Morgan fingerprint density at radius 1 is 1.23 bits per heavy atom. The normalized spacial score (nSPS) is 17.7. The minimum atomic E-state index is -3.85. The number of fused-ring (bicyclic) bond motifs is 1. The van der Waals surface area contributed by atoms with Crippen molar-refractivity contribution in [3.63, 3.8) is 0 Å². The Morgan fingerprint density at radius 2 is 2.07 bits per heavy atom. The molecule has 30 heavy (non-hydrogen) atoms. The molecule has 0 aliphatic carbocycles. The molecule has 4 rings (SSSR count). The summed E-state index contributed by atoms with van der Waals surface area (Å²) < 4.78 is 38.0. The SMILES string of the molecule is CCOc1ccccc1NC(=O)C1CCCN(S(=O)(=O)c2cccc3nonc23)C1. The third-order valence-corrected chi connectivity index (χ3v) is 6.96. The fraction of sp³-hybridized carbons (Fsp3) is 0.350. The summed E-state index contributed by atoms with van der Waals surface area (Å²) in [5.41, 5.74) is 1.13. The number of nitrogens with zero attached hydrogens (tertiary/aromatic N) is 3. The second kappa shape index (κ2) is 8.41. The number of piperidine rings is 1. The van der Waals surface area contributed by atoms with E-state index in [0.717, 1.165) is 0 Å². The zero-order valence-corrected chi connectivity index (χ0v) is 17.3. The van der Waals surface area contributed by atoms with Gasteiger partial charge in [-0.1, -0.05) is 18.2 Å². The Labute approximate surface area is 174 Å². The van der Waals surface area contributed by atoms with Gasteiger partial charge in [-0.2, -0.15) is 4.31 Å². The van der Waals surface area contributed by atoms with Gasteiger partial charge in [0.25, 0.3) is 0 Å². The summed E-state index contributed by atoms with van der Waals surface area (Å²) in [4.78, 5) is 12.9. The second-order valence-electron chi connectivity index (χ2n) is 7.01. The molecule has 1 amide bonds. The quantitative estimate of drug-likeness (QED) is 0.639. The number of amides is 1. The first-order valence-corrected chi connectivity index (χ1v) is 11.2. The van der Waals surface area contributed by atoms with E-state index >= 15 is 0 Å². The molecule has 1 unspecified atom stereocenters. The number of hydrogen-bond donors (Lipinski definition) is 1. The van der Waals surface area contributed by atoms with Crippen LogP contribution < -0.4 is 10.1 Å². The molecule has 0 radical (unpaired) electrons. The minimum absolute atomic E-state index is 0.0315. The number of ether oxygens (including phenoxy) is 1. The van der Waals surface area contributed by atoms with Crippen molar-refractivity contribution in [2.45, 2.75) is 24.7 Å². The molecule has 158 valence electrons. The molecule has 1 N–H and O–H groups in total. The molecule has 2 heterocycles. The Hall–Kier alpha value is -2.98. The maximum atomic E-state index is 13.2. The number of benzene rings is 2. The number of anilines is 1. The van der Waals surface area contributed by atoms with Crippen LogP contribution in [-0.2, 0) is 14.8 Å². The van der Waals surface area contributed by atoms with Gasteiger partial charge in [-0.3, -0.25) is 4.79 Å². The van der Waals surface area contributed by atoms with Crippen molar-refractivity contribution in [1.82, 2.24) is 14.6 Å². The van der Waals surface area contributed by atoms with Crippen LogP contribution in [0.5, 0.6) is 5.75 Å². The second-order valence-corrected chi connectivity index (χ2v) is 8.92. The van der Waals surface area contributed by atoms with Gasteiger partial charge in [0.2, 0.25) is 15.9 Å². The van der Waals surface area contributed by atoms with Gasteiger partial charge in [-0.25, -0.2) is 13.0 Å². The highest BCUT2D eigenvalue weighted by Gasteiger charge is 2.35. The number of carbonyl (C=O) groups is 1. The van der Waals surface area contributed by atoms with E-state index in [1.807, 2.05) is 19.1 Å². The van der Waals surface area contributed by atoms with Gasteiger partial charge in [0.1, 0.15) is 16.2 Å². The molecule has 1 aliphatic heterocycles. The van der Waals surface area contributed by atoms with E-state index < -0.39 is 15.9 Å². The van der Waals surface area contributed by atoms with Crippen molar-refractivity contribution in [3.8, 4) is 5.75 Å². The highest BCUT2D eigenvalue weighted by atomic mass is 32.2. The monoisotopic (exact) mass is 430 g/mol. The zero-order chi connectivity index (χ0) is 21.1. The number of sulfonamides is 1. The number of aromatic nitrogens is 2. The molecular weight excluding hydrogens is 408 g/mol. The van der Waals surface area contributed by atoms with Crippen molar-refractivity contribution < 1.29 is 22.6 Å². The molecule has 1 aliphatic rings. The Balaban J connectivity index is 1.53. The lowest BCUT2D eigenvalue weighted by Gasteiger charge is -2.31. The van der Waals surface area contributed by atoms with Gasteiger partial charge in [0, 0.05) is 13.1 Å². The molecule has 1 atom stereocenters. The van der Waals surface area contributed by atoms with E-state index in [2.05, 4.69) is 20.3 Å². The van der Waals surface area contributed by atoms with Crippen LogP contribution in [0.4, 0.5) is 5.69 Å². The Morgan fingerprint density at radius 3 is 2.90 bits per heavy atom. The Bertz CT molecular complexity index is 1160. The summed E-state index contributed by atoms with van der Waals surface area (Å²) in [6.45, 7) is 2.77. The van der Waals surface area contributed by atoms with Crippen molar-refractivity contribution in [2.24, 2.45) is 5.92 Å². The minimum Gasteiger partial charge on any atom is -0.492 e. The molecule has 2 aromatic carbocycles. The van der Waals surface area contributed by atoms with Gasteiger partial charge < -0.3 is 10.1 Å². The number of nitrogens with one attached hydrogen (secondary N) is 1. The van der Waals surface area contributed by atoms with Crippen molar-refractivity contribution in [2.75, 3.05) is 25.0 Å². The van der Waals surface area contributed by atoms with E-state index in [1.165, 1.54) is 10.4 Å². The van der Waals surface area contributed by atoms with Gasteiger partial charge in [-0.15, -0.1) is 0 Å². The van der Waals surface area contributed by atoms with Gasteiger partial charge in [-0.05, 0) is 54.3 Å². The Kier molecular flexibility index (Phi) is 5.69. The summed E-state index contributed by atoms with van der Waals surface area (Å²) in [5.74, 6) is -0.125. The molecular formula is C20H22N4O5S. The molecule has 0 saturated carbocycles. The van der Waals surface area contributed by atoms with Crippen LogP contribution in [0.1, 0.15) is 19.8 Å². The van der Waals surface area contributed by atoms with Crippen molar-refractivity contribution in [3.05, 3.63) is 42.5 Å². The van der Waals surface area contributed by atoms with Crippen molar-refractivity contribution in [1.29, 1.82) is 0 Å². The average molecular weight is 430 g/mol. The number of carbonyl (C=O) groups excluding carboxylic acids is 1. The molecule has 9 nitrogen and oxygen atoms in total. The third-order valence-electron chi connectivity index (χ3n) is 5.07. The lowest BCUT2D eigenvalue weighted by molar-refractivity contribution is -0.120. The van der Waals surface area contributed by atoms with Crippen molar-refractivity contribution >= 4 is 32.7 Å². The van der Waals surface area contributed by atoms with Crippen LogP contribution >= 0.6 is 0 Å². The highest BCUT2D eigenvalue weighted by Crippen LogP contribution is 2.29. The molecule has 0 spiro atoms. The molecule has 0 bridgehead atoms. The molecule has 1 aromatic heterocycles. The number of hydrogen-bond acceptors (Lipinski definition) is 7. The van der Waals surface area contributed by atoms with Gasteiger partial charge in [0.15, 0.2) is 5.52 Å². The first kappa shape index (κ1) is 20.3. The predicted molar refractivity (Wildman–Crippen MR) is 110 cm³/mol. The first-order chi connectivity index (χ1) is 14.5. The van der Waals surface area contributed by atoms with E-state index in [4.69, 9.17) is 4.74 Å². The lowest BCUT2D eigenvalue weighted by atomic mass is 9.98. The smallest absolute Gasteiger partial charge is 0.245 e. The van der Waals surface area contributed by atoms with Crippen LogP contribution in [0, 0.1) is 5.92 Å². The lowest BCUT2D eigenvalue weighted by Crippen LogP contribution is -2.43. The average Bonchev–Trinajstić information content (AvgIpc) is 3.24. The number of para-hydroxylation sites is 2. The van der Waals surface area contributed by atoms with E-state index in [-0.39, 0.29) is 22.9 Å². The van der Waals surface area contributed by atoms with Crippen LogP contribution in [-0.4, -0.2) is 48.6 Å². The molecule has 3 aromatic rings. The summed E-state index contributed by atoms with van der Waals surface area (Å²) in [7, 11) is -3.85.